The largest absolute Gasteiger partial charge is 0.348 e. The number of nitrogens with zero attached hydrogens (tertiary/aromatic N) is 4. The highest BCUT2D eigenvalue weighted by atomic mass is 32.2. The first-order chi connectivity index (χ1) is 13.9. The summed E-state index contributed by atoms with van der Waals surface area (Å²) in [6, 6.07) is 9.89. The van der Waals surface area contributed by atoms with Crippen molar-refractivity contribution in [1.29, 1.82) is 0 Å². The predicted molar refractivity (Wildman–Crippen MR) is 111 cm³/mol. The number of hydrogen-bond acceptors (Lipinski definition) is 5. The zero-order valence-electron chi connectivity index (χ0n) is 16.4. The molecular formula is C21H21FN4O2S. The number of hydrogen-bond donors (Lipinski definition) is 0. The van der Waals surface area contributed by atoms with Crippen LogP contribution in [0.4, 0.5) is 4.39 Å². The summed E-state index contributed by atoms with van der Waals surface area (Å²) >= 11 is 1.28. The Hall–Kier alpha value is -3.00. The molecule has 0 spiro atoms. The monoisotopic (exact) mass is 412 g/mol. The lowest BCUT2D eigenvalue weighted by atomic mass is 10.1. The topological polar surface area (TPSA) is 68.1 Å². The fourth-order valence-electron chi connectivity index (χ4n) is 2.78. The van der Waals surface area contributed by atoms with Crippen LogP contribution in [0.2, 0.25) is 0 Å². The fourth-order valence-corrected chi connectivity index (χ4v) is 3.61. The van der Waals surface area contributed by atoms with Crippen LogP contribution in [0, 0.1) is 5.82 Å². The maximum Gasteiger partial charge on any atom is 0.229 e. The summed E-state index contributed by atoms with van der Waals surface area (Å²) in [5.41, 5.74) is 3.22. The van der Waals surface area contributed by atoms with Crippen molar-refractivity contribution in [3.8, 4) is 22.5 Å². The number of imidazole rings is 1. The van der Waals surface area contributed by atoms with Crippen molar-refractivity contribution in [3.63, 3.8) is 0 Å². The molecule has 0 fully saturated rings. The van der Waals surface area contributed by atoms with Crippen molar-refractivity contribution in [1.82, 2.24) is 19.4 Å². The summed E-state index contributed by atoms with van der Waals surface area (Å²) < 4.78 is 15.3. The van der Waals surface area contributed by atoms with Crippen molar-refractivity contribution in [2.75, 3.05) is 19.8 Å². The number of carbonyl (C=O) groups is 2. The van der Waals surface area contributed by atoms with Crippen LogP contribution < -0.4 is 0 Å². The van der Waals surface area contributed by atoms with Crippen LogP contribution in [0.5, 0.6) is 0 Å². The van der Waals surface area contributed by atoms with Gasteiger partial charge < -0.3 is 9.47 Å². The van der Waals surface area contributed by atoms with Gasteiger partial charge in [0.25, 0.3) is 0 Å². The average molecular weight is 412 g/mol. The van der Waals surface area contributed by atoms with Crippen molar-refractivity contribution in [2.45, 2.75) is 11.6 Å². The van der Waals surface area contributed by atoms with Gasteiger partial charge in [0.1, 0.15) is 5.82 Å². The minimum atomic E-state index is -0.319. The number of ketones is 1. The Morgan fingerprint density at radius 1 is 1.07 bits per heavy atom. The number of Topliss-reactive ketones (excluding diaryl/α,β-unsaturated/α-hetero) is 1. The molecule has 0 unspecified atom stereocenters. The van der Waals surface area contributed by atoms with Gasteiger partial charge in [0.15, 0.2) is 10.9 Å². The number of rotatable bonds is 7. The molecule has 3 rings (SSSR count). The van der Waals surface area contributed by atoms with Gasteiger partial charge in [-0.3, -0.25) is 14.6 Å². The van der Waals surface area contributed by atoms with Gasteiger partial charge in [-0.25, -0.2) is 9.37 Å². The normalized spacial score (nSPS) is 10.8. The zero-order valence-corrected chi connectivity index (χ0v) is 17.2. The summed E-state index contributed by atoms with van der Waals surface area (Å²) in [6.45, 7) is 0. The van der Waals surface area contributed by atoms with E-state index in [-0.39, 0.29) is 29.7 Å². The van der Waals surface area contributed by atoms with Crippen molar-refractivity contribution < 1.29 is 14.0 Å². The molecule has 1 aromatic carbocycles. The average Bonchev–Trinajstić information content (AvgIpc) is 3.03. The smallest absolute Gasteiger partial charge is 0.229 e. The zero-order chi connectivity index (χ0) is 21.0. The van der Waals surface area contributed by atoms with Gasteiger partial charge in [0.2, 0.25) is 5.91 Å². The van der Waals surface area contributed by atoms with Crippen LogP contribution in [-0.2, 0) is 16.6 Å². The summed E-state index contributed by atoms with van der Waals surface area (Å²) in [5.74, 6) is -0.561. The molecule has 0 N–H and O–H groups in total. The van der Waals surface area contributed by atoms with E-state index in [0.29, 0.717) is 10.9 Å². The Bertz CT molecular complexity index is 1020. The molecule has 0 saturated carbocycles. The molecule has 0 atom stereocenters. The molecule has 0 aliphatic heterocycles. The number of benzene rings is 1. The number of aromatic nitrogens is 3. The number of thioether (sulfide) groups is 1. The summed E-state index contributed by atoms with van der Waals surface area (Å²) in [5, 5.41) is 0.641. The molecule has 3 aromatic rings. The van der Waals surface area contributed by atoms with E-state index in [0.717, 1.165) is 16.8 Å². The van der Waals surface area contributed by atoms with Gasteiger partial charge >= 0.3 is 0 Å². The number of carbonyl (C=O) groups excluding carboxylic acids is 2. The molecule has 0 bridgehead atoms. The van der Waals surface area contributed by atoms with Crippen molar-refractivity contribution in [3.05, 3.63) is 54.6 Å². The molecule has 6 nitrogen and oxygen atoms in total. The fraction of sp³-hybridized carbons (Fsp3) is 0.238. The van der Waals surface area contributed by atoms with Gasteiger partial charge in [-0.2, -0.15) is 0 Å². The SMILES string of the molecule is CN(C)C(=O)CC(=O)CSc1nc(-c2ccc(F)cc2)c(-c2ccncc2)n1C. The third-order valence-electron chi connectivity index (χ3n) is 4.33. The lowest BCUT2D eigenvalue weighted by Crippen LogP contribution is -2.25. The number of amides is 1. The highest BCUT2D eigenvalue weighted by Crippen LogP contribution is 2.35. The van der Waals surface area contributed by atoms with Gasteiger partial charge in [0.05, 0.1) is 23.6 Å². The molecular weight excluding hydrogens is 391 g/mol. The Morgan fingerprint density at radius 2 is 1.72 bits per heavy atom. The van der Waals surface area contributed by atoms with Crippen molar-refractivity contribution in [2.24, 2.45) is 7.05 Å². The molecule has 0 radical (unpaired) electrons. The van der Waals surface area contributed by atoms with Crippen LogP contribution >= 0.6 is 11.8 Å². The van der Waals surface area contributed by atoms with E-state index in [9.17, 15) is 14.0 Å². The van der Waals surface area contributed by atoms with E-state index in [1.165, 1.54) is 28.8 Å². The molecule has 0 saturated heterocycles. The molecule has 2 aromatic heterocycles. The first-order valence-electron chi connectivity index (χ1n) is 8.94. The summed E-state index contributed by atoms with van der Waals surface area (Å²) in [7, 11) is 5.11. The van der Waals surface area contributed by atoms with Gasteiger partial charge in [0, 0.05) is 44.7 Å². The van der Waals surface area contributed by atoms with Crippen LogP contribution in [0.15, 0.2) is 53.9 Å². The van der Waals surface area contributed by atoms with Gasteiger partial charge in [-0.05, 0) is 36.4 Å². The van der Waals surface area contributed by atoms with E-state index in [1.54, 1.807) is 38.6 Å². The highest BCUT2D eigenvalue weighted by Gasteiger charge is 2.20. The van der Waals surface area contributed by atoms with Gasteiger partial charge in [-0.15, -0.1) is 0 Å². The molecule has 0 aliphatic rings. The number of pyridine rings is 1. The lowest BCUT2D eigenvalue weighted by Gasteiger charge is -2.09. The third kappa shape index (κ3) is 4.89. The number of halogens is 1. The second-order valence-electron chi connectivity index (χ2n) is 6.69. The van der Waals surface area contributed by atoms with Crippen LogP contribution in [-0.4, -0.2) is 51.0 Å². The first kappa shape index (κ1) is 20.7. The molecule has 29 heavy (non-hydrogen) atoms. The summed E-state index contributed by atoms with van der Waals surface area (Å²) in [6.07, 6.45) is 3.26. The van der Waals surface area contributed by atoms with Crippen molar-refractivity contribution >= 4 is 23.5 Å². The van der Waals surface area contributed by atoms with Crippen LogP contribution in [0.1, 0.15) is 6.42 Å². The molecule has 2 heterocycles. The van der Waals surface area contributed by atoms with E-state index in [4.69, 9.17) is 4.98 Å². The third-order valence-corrected chi connectivity index (χ3v) is 5.42. The van der Waals surface area contributed by atoms with Crippen LogP contribution in [0.3, 0.4) is 0 Å². The van der Waals surface area contributed by atoms with E-state index < -0.39 is 0 Å². The maximum absolute atomic E-state index is 13.4. The van der Waals surface area contributed by atoms with E-state index in [2.05, 4.69) is 4.98 Å². The lowest BCUT2D eigenvalue weighted by molar-refractivity contribution is -0.132. The minimum absolute atomic E-state index is 0.132. The Morgan fingerprint density at radius 3 is 2.34 bits per heavy atom. The molecule has 8 heteroatoms. The Balaban J connectivity index is 1.92. The Kier molecular flexibility index (Phi) is 6.43. The minimum Gasteiger partial charge on any atom is -0.348 e. The predicted octanol–water partition coefficient (Wildman–Crippen LogP) is 3.43. The second-order valence-corrected chi connectivity index (χ2v) is 7.63. The second kappa shape index (κ2) is 9.00. The van der Waals surface area contributed by atoms with E-state index >= 15 is 0 Å². The van der Waals surface area contributed by atoms with Gasteiger partial charge in [-0.1, -0.05) is 11.8 Å². The first-order valence-corrected chi connectivity index (χ1v) is 9.93. The molecule has 1 amide bonds. The highest BCUT2D eigenvalue weighted by molar-refractivity contribution is 7.99. The van der Waals surface area contributed by atoms with Crippen LogP contribution in [0.25, 0.3) is 22.5 Å². The van der Waals surface area contributed by atoms with E-state index in [1.807, 2.05) is 23.7 Å². The maximum atomic E-state index is 13.4. The quantitative estimate of drug-likeness (QED) is 0.439. The summed E-state index contributed by atoms with van der Waals surface area (Å²) in [4.78, 5) is 34.0. The molecule has 0 aliphatic carbocycles. The standard InChI is InChI=1S/C21H21FN4O2S/c1-25(2)18(28)12-17(27)13-29-21-24-19(14-4-6-16(22)7-5-14)20(26(21)3)15-8-10-23-11-9-15/h4-11H,12-13H2,1-3H3. The molecule has 150 valence electrons. The Labute approximate surface area is 172 Å².